The molecule has 1 saturated heterocycles. The molecular weight excluding hydrogens is 446 g/mol. The number of hydrogen-bond donors (Lipinski definition) is 0. The summed E-state index contributed by atoms with van der Waals surface area (Å²) in [7, 11) is 0. The maximum absolute atomic E-state index is 12.8. The quantitative estimate of drug-likeness (QED) is 0.380. The van der Waals surface area contributed by atoms with Gasteiger partial charge < -0.3 is 9.30 Å². The van der Waals surface area contributed by atoms with Crippen LogP contribution in [0.1, 0.15) is 81.0 Å². The van der Waals surface area contributed by atoms with Crippen LogP contribution in [0.5, 0.6) is 0 Å². The van der Waals surface area contributed by atoms with Crippen LogP contribution in [0, 0.1) is 19.8 Å². The normalized spacial score (nSPS) is 18.3. The van der Waals surface area contributed by atoms with Crippen LogP contribution < -0.4 is 4.90 Å². The maximum Gasteiger partial charge on any atom is 0.160 e. The highest BCUT2D eigenvalue weighted by Gasteiger charge is 2.26. The van der Waals surface area contributed by atoms with E-state index in [9.17, 15) is 4.79 Å². The molecule has 4 rings (SSSR count). The van der Waals surface area contributed by atoms with Crippen molar-refractivity contribution < 1.29 is 4.79 Å². The molecule has 1 aliphatic rings. The Morgan fingerprint density at radius 2 is 1.89 bits per heavy atom. The molecule has 0 N–H and O–H groups in total. The maximum atomic E-state index is 12.8. The van der Waals surface area contributed by atoms with E-state index >= 15 is 0 Å². The average molecular weight is 488 g/mol. The number of imidazole rings is 1. The molecule has 1 unspecified atom stereocenters. The molecule has 1 aromatic carbocycles. The third-order valence-corrected chi connectivity index (χ3v) is 7.60. The predicted molar refractivity (Wildman–Crippen MR) is 150 cm³/mol. The molecule has 6 heteroatoms. The molecule has 192 valence electrons. The average Bonchev–Trinajstić information content (AvgIpc) is 3.25. The molecule has 3 aromatic rings. The van der Waals surface area contributed by atoms with Crippen LogP contribution in [0.4, 0.5) is 5.69 Å². The fraction of sp³-hybridized carbons (Fsp3) is 0.500. The van der Waals surface area contributed by atoms with E-state index in [1.165, 1.54) is 0 Å². The van der Waals surface area contributed by atoms with Gasteiger partial charge in [-0.2, -0.15) is 0 Å². The van der Waals surface area contributed by atoms with E-state index in [4.69, 9.17) is 4.98 Å². The number of fused-ring (bicyclic) bond motifs is 1. The highest BCUT2D eigenvalue weighted by Crippen LogP contribution is 2.31. The van der Waals surface area contributed by atoms with Gasteiger partial charge in [-0.05, 0) is 83.2 Å². The number of allylic oxidation sites excluding steroid dienone is 1. The number of nitrogens with zero attached hydrogens (tertiary/aromatic N) is 5. The summed E-state index contributed by atoms with van der Waals surface area (Å²) < 4.78 is 2.07. The SMILES string of the molecule is CCC(C)/C(=C\c1ccc(N2CCN(C(C)C)[C@H](C)C2)cc1C(C)=O)c1cn2cc(C)nc(C)c2n1. The van der Waals surface area contributed by atoms with Crippen LogP contribution in [0.2, 0.25) is 0 Å². The Balaban J connectivity index is 1.73. The van der Waals surface area contributed by atoms with Crippen molar-refractivity contribution in [3.63, 3.8) is 0 Å². The van der Waals surface area contributed by atoms with Gasteiger partial charge in [-0.15, -0.1) is 0 Å². The van der Waals surface area contributed by atoms with E-state index < -0.39 is 0 Å². The number of carbonyl (C=O) groups is 1. The molecule has 0 saturated carbocycles. The standard InChI is InChI=1S/C30H41N5O/c1-9-20(4)27(29-18-34-16-21(5)31-23(7)30(34)32-29)14-25-10-11-26(15-28(25)24(8)36)33-12-13-35(19(2)3)22(6)17-33/h10-11,14-16,18-20,22H,9,12-13,17H2,1-8H3/b27-14+/t20?,22-/m1/s1. The van der Waals surface area contributed by atoms with Gasteiger partial charge in [0.25, 0.3) is 0 Å². The molecule has 36 heavy (non-hydrogen) atoms. The Kier molecular flexibility index (Phi) is 7.65. The lowest BCUT2D eigenvalue weighted by atomic mass is 9.92. The van der Waals surface area contributed by atoms with Gasteiger partial charge >= 0.3 is 0 Å². The molecule has 6 nitrogen and oxygen atoms in total. The summed E-state index contributed by atoms with van der Waals surface area (Å²) in [5.74, 6) is 0.389. The third-order valence-electron chi connectivity index (χ3n) is 7.60. The minimum absolute atomic E-state index is 0.0890. The molecule has 0 bridgehead atoms. The highest BCUT2D eigenvalue weighted by molar-refractivity contribution is 6.00. The second-order valence-electron chi connectivity index (χ2n) is 10.7. The predicted octanol–water partition coefficient (Wildman–Crippen LogP) is 6.05. The Labute approximate surface area is 216 Å². The van der Waals surface area contributed by atoms with Gasteiger partial charge in [0.15, 0.2) is 11.4 Å². The minimum atomic E-state index is 0.0890. The van der Waals surface area contributed by atoms with Crippen LogP contribution in [-0.4, -0.2) is 56.8 Å². The third kappa shape index (κ3) is 5.24. The summed E-state index contributed by atoms with van der Waals surface area (Å²) in [4.78, 5) is 27.3. The molecule has 2 aromatic heterocycles. The number of benzene rings is 1. The Bertz CT molecular complexity index is 1290. The number of aryl methyl sites for hydroxylation is 2. The number of anilines is 1. The lowest BCUT2D eigenvalue weighted by molar-refractivity contribution is 0.101. The van der Waals surface area contributed by atoms with Crippen molar-refractivity contribution >= 4 is 28.8 Å². The fourth-order valence-corrected chi connectivity index (χ4v) is 5.44. The van der Waals surface area contributed by atoms with E-state index in [1.54, 1.807) is 6.92 Å². The molecule has 2 atom stereocenters. The molecule has 1 aliphatic heterocycles. The second-order valence-corrected chi connectivity index (χ2v) is 10.7. The molecule has 1 fully saturated rings. The van der Waals surface area contributed by atoms with Crippen molar-refractivity contribution in [3.8, 4) is 0 Å². The number of carbonyl (C=O) groups excluding carboxylic acids is 1. The van der Waals surface area contributed by atoms with E-state index in [2.05, 4.69) is 84.3 Å². The monoisotopic (exact) mass is 487 g/mol. The zero-order chi connectivity index (χ0) is 26.1. The van der Waals surface area contributed by atoms with E-state index in [0.29, 0.717) is 18.0 Å². The zero-order valence-electron chi connectivity index (χ0n) is 23.2. The van der Waals surface area contributed by atoms with E-state index in [-0.39, 0.29) is 5.78 Å². The molecule has 0 aliphatic carbocycles. The first-order valence-corrected chi connectivity index (χ1v) is 13.3. The number of hydrogen-bond acceptors (Lipinski definition) is 5. The highest BCUT2D eigenvalue weighted by atomic mass is 16.1. The van der Waals surface area contributed by atoms with Crippen LogP contribution in [0.15, 0.2) is 30.6 Å². The lowest BCUT2D eigenvalue weighted by Gasteiger charge is -2.43. The van der Waals surface area contributed by atoms with E-state index in [0.717, 1.165) is 71.2 Å². The van der Waals surface area contributed by atoms with Crippen molar-refractivity contribution in [3.05, 3.63) is 58.8 Å². The van der Waals surface area contributed by atoms with Crippen LogP contribution in [-0.2, 0) is 0 Å². The fourth-order valence-electron chi connectivity index (χ4n) is 5.44. The number of Topliss-reactive ketones (excluding diaryl/α,β-unsaturated/α-hetero) is 1. The smallest absolute Gasteiger partial charge is 0.160 e. The van der Waals surface area contributed by atoms with Gasteiger partial charge in [0.05, 0.1) is 17.1 Å². The Hall–Kier alpha value is -2.99. The van der Waals surface area contributed by atoms with Crippen molar-refractivity contribution in [1.29, 1.82) is 0 Å². The summed E-state index contributed by atoms with van der Waals surface area (Å²) in [6, 6.07) is 7.39. The first-order chi connectivity index (χ1) is 17.1. The minimum Gasteiger partial charge on any atom is -0.369 e. The topological polar surface area (TPSA) is 53.7 Å². The first-order valence-electron chi connectivity index (χ1n) is 13.3. The molecule has 0 spiro atoms. The summed E-state index contributed by atoms with van der Waals surface area (Å²) >= 11 is 0. The van der Waals surface area contributed by atoms with Crippen molar-refractivity contribution in [2.75, 3.05) is 24.5 Å². The zero-order valence-corrected chi connectivity index (χ0v) is 23.2. The Morgan fingerprint density at radius 3 is 2.53 bits per heavy atom. The van der Waals surface area contributed by atoms with Crippen LogP contribution in [0.25, 0.3) is 17.3 Å². The van der Waals surface area contributed by atoms with E-state index in [1.807, 2.05) is 20.0 Å². The van der Waals surface area contributed by atoms with Crippen molar-refractivity contribution in [2.24, 2.45) is 5.92 Å². The summed E-state index contributed by atoms with van der Waals surface area (Å²) in [6.45, 7) is 19.9. The van der Waals surface area contributed by atoms with Crippen LogP contribution in [0.3, 0.4) is 0 Å². The first kappa shape index (κ1) is 26.1. The van der Waals surface area contributed by atoms with Gasteiger partial charge in [-0.3, -0.25) is 14.7 Å². The molecular formula is C30H41N5O. The Morgan fingerprint density at radius 1 is 1.14 bits per heavy atom. The molecule has 0 radical (unpaired) electrons. The number of rotatable bonds is 7. The van der Waals surface area contributed by atoms with Gasteiger partial charge in [0.2, 0.25) is 0 Å². The largest absolute Gasteiger partial charge is 0.369 e. The molecule has 3 heterocycles. The second kappa shape index (κ2) is 10.6. The number of piperazine rings is 1. The molecule has 0 amide bonds. The van der Waals surface area contributed by atoms with Crippen LogP contribution >= 0.6 is 0 Å². The summed E-state index contributed by atoms with van der Waals surface area (Å²) in [5.41, 5.74) is 7.71. The number of aromatic nitrogens is 3. The van der Waals surface area contributed by atoms with Crippen molar-refractivity contribution in [2.45, 2.75) is 73.9 Å². The van der Waals surface area contributed by atoms with Gasteiger partial charge in [0.1, 0.15) is 0 Å². The number of ketones is 1. The van der Waals surface area contributed by atoms with Gasteiger partial charge in [0, 0.05) is 55.4 Å². The summed E-state index contributed by atoms with van der Waals surface area (Å²) in [5, 5.41) is 0. The lowest BCUT2D eigenvalue weighted by Crippen LogP contribution is -2.54. The summed E-state index contributed by atoms with van der Waals surface area (Å²) in [6.07, 6.45) is 7.27. The van der Waals surface area contributed by atoms with Gasteiger partial charge in [-0.25, -0.2) is 4.98 Å². The van der Waals surface area contributed by atoms with Gasteiger partial charge in [-0.1, -0.05) is 19.9 Å². The van der Waals surface area contributed by atoms with Crippen molar-refractivity contribution in [1.82, 2.24) is 19.3 Å².